The van der Waals surface area contributed by atoms with Crippen LogP contribution in [0.15, 0.2) is 59.3 Å². The molecule has 0 aliphatic carbocycles. The van der Waals surface area contributed by atoms with Gasteiger partial charge in [0.2, 0.25) is 0 Å². The summed E-state index contributed by atoms with van der Waals surface area (Å²) >= 11 is 9.19. The zero-order valence-corrected chi connectivity index (χ0v) is 15.3. The fraction of sp³-hybridized carbons (Fsp3) is 0.167. The van der Waals surface area contributed by atoms with Crippen molar-refractivity contribution in [1.29, 1.82) is 0 Å². The van der Waals surface area contributed by atoms with Crippen LogP contribution >= 0.6 is 34.9 Å². The number of thiophene rings is 2. The van der Waals surface area contributed by atoms with E-state index in [-0.39, 0.29) is 0 Å². The van der Waals surface area contributed by atoms with E-state index in [9.17, 15) is 0 Å². The predicted molar refractivity (Wildman–Crippen MR) is 105 cm³/mol. The number of nitrogens with zero attached hydrogens (tertiary/aromatic N) is 1. The first kappa shape index (κ1) is 16.2. The summed E-state index contributed by atoms with van der Waals surface area (Å²) in [7, 11) is 0. The lowest BCUT2D eigenvalue weighted by Gasteiger charge is -2.25. The zero-order chi connectivity index (χ0) is 16.1. The van der Waals surface area contributed by atoms with E-state index >= 15 is 0 Å². The van der Waals surface area contributed by atoms with E-state index in [1.807, 2.05) is 0 Å². The SMILES string of the molecule is Cc1ccc(NC(=S)N(Cc2cccs2)Cc2cccs2)cc1. The Hall–Kier alpha value is -1.69. The van der Waals surface area contributed by atoms with Crippen LogP contribution in [0.2, 0.25) is 0 Å². The summed E-state index contributed by atoms with van der Waals surface area (Å²) < 4.78 is 0. The Bertz CT molecular complexity index is 695. The quantitative estimate of drug-likeness (QED) is 0.605. The maximum Gasteiger partial charge on any atom is 0.174 e. The van der Waals surface area contributed by atoms with Gasteiger partial charge in [0.05, 0.1) is 13.1 Å². The second kappa shape index (κ2) is 7.73. The van der Waals surface area contributed by atoms with E-state index in [1.165, 1.54) is 15.3 Å². The molecule has 0 atom stereocenters. The lowest BCUT2D eigenvalue weighted by Crippen LogP contribution is -2.33. The van der Waals surface area contributed by atoms with Gasteiger partial charge in [-0.1, -0.05) is 29.8 Å². The summed E-state index contributed by atoms with van der Waals surface area (Å²) in [4.78, 5) is 4.84. The fourth-order valence-corrected chi connectivity index (χ4v) is 3.91. The Balaban J connectivity index is 1.73. The van der Waals surface area contributed by atoms with Gasteiger partial charge in [0.15, 0.2) is 5.11 Å². The molecular formula is C18H18N2S3. The average molecular weight is 359 g/mol. The summed E-state index contributed by atoms with van der Waals surface area (Å²) in [5, 5.41) is 8.33. The summed E-state index contributed by atoms with van der Waals surface area (Å²) in [6, 6.07) is 16.8. The van der Waals surface area contributed by atoms with Crippen molar-refractivity contribution in [2.75, 3.05) is 5.32 Å². The number of nitrogens with one attached hydrogen (secondary N) is 1. The van der Waals surface area contributed by atoms with Crippen molar-refractivity contribution in [2.24, 2.45) is 0 Å². The van der Waals surface area contributed by atoms with Crippen LogP contribution in [0, 0.1) is 6.92 Å². The van der Waals surface area contributed by atoms with E-state index in [1.54, 1.807) is 22.7 Å². The molecule has 0 amide bonds. The zero-order valence-electron chi connectivity index (χ0n) is 12.9. The van der Waals surface area contributed by atoms with Crippen LogP contribution in [0.5, 0.6) is 0 Å². The Labute approximate surface area is 150 Å². The first-order valence-corrected chi connectivity index (χ1v) is 9.55. The molecule has 118 valence electrons. The van der Waals surface area contributed by atoms with Crippen molar-refractivity contribution >= 4 is 45.7 Å². The summed E-state index contributed by atoms with van der Waals surface area (Å²) in [6.07, 6.45) is 0. The van der Waals surface area contributed by atoms with Crippen LogP contribution in [0.25, 0.3) is 0 Å². The number of rotatable bonds is 5. The minimum Gasteiger partial charge on any atom is -0.339 e. The highest BCUT2D eigenvalue weighted by Gasteiger charge is 2.12. The molecule has 0 aliphatic rings. The molecule has 0 radical (unpaired) electrons. The van der Waals surface area contributed by atoms with E-state index in [2.05, 4.69) is 76.4 Å². The molecule has 0 bridgehead atoms. The van der Waals surface area contributed by atoms with Gasteiger partial charge in [-0.3, -0.25) is 0 Å². The number of thiocarbonyl (C=S) groups is 1. The topological polar surface area (TPSA) is 15.3 Å². The van der Waals surface area contributed by atoms with Gasteiger partial charge in [-0.2, -0.15) is 0 Å². The Morgan fingerprint density at radius 1 is 0.957 bits per heavy atom. The monoisotopic (exact) mass is 358 g/mol. The third-order valence-corrected chi connectivity index (χ3v) is 5.53. The third-order valence-electron chi connectivity index (χ3n) is 3.44. The number of hydrogen-bond donors (Lipinski definition) is 1. The molecule has 1 aromatic carbocycles. The second-order valence-electron chi connectivity index (χ2n) is 5.31. The maximum absolute atomic E-state index is 5.66. The standard InChI is InChI=1S/C18H18N2S3/c1-14-6-8-15(9-7-14)19-18(21)20(12-16-4-2-10-22-16)13-17-5-3-11-23-17/h2-11H,12-13H2,1H3,(H,19,21). The molecule has 3 rings (SSSR count). The third kappa shape index (κ3) is 4.64. The molecule has 0 spiro atoms. The average Bonchev–Trinajstić information content (AvgIpc) is 3.22. The maximum atomic E-state index is 5.66. The van der Waals surface area contributed by atoms with E-state index in [0.29, 0.717) is 0 Å². The van der Waals surface area contributed by atoms with Gasteiger partial charge in [-0.15, -0.1) is 22.7 Å². The molecule has 23 heavy (non-hydrogen) atoms. The number of aryl methyl sites for hydroxylation is 1. The van der Waals surface area contributed by atoms with Crippen molar-refractivity contribution in [3.63, 3.8) is 0 Å². The first-order valence-electron chi connectivity index (χ1n) is 7.38. The molecule has 2 heterocycles. The molecule has 0 saturated carbocycles. The van der Waals surface area contributed by atoms with Gasteiger partial charge in [-0.05, 0) is 54.2 Å². The Kier molecular flexibility index (Phi) is 5.43. The molecule has 0 saturated heterocycles. The second-order valence-corrected chi connectivity index (χ2v) is 7.76. The van der Waals surface area contributed by atoms with Crippen LogP contribution < -0.4 is 5.32 Å². The van der Waals surface area contributed by atoms with Gasteiger partial charge in [0.1, 0.15) is 0 Å². The molecule has 5 heteroatoms. The Morgan fingerprint density at radius 3 is 2.00 bits per heavy atom. The highest BCUT2D eigenvalue weighted by atomic mass is 32.1. The van der Waals surface area contributed by atoms with Crippen LogP contribution in [0.4, 0.5) is 5.69 Å². The number of anilines is 1. The minimum atomic E-state index is 0.760. The molecule has 2 aromatic heterocycles. The molecular weight excluding hydrogens is 340 g/mol. The van der Waals surface area contributed by atoms with Crippen molar-refractivity contribution in [2.45, 2.75) is 20.0 Å². The lowest BCUT2D eigenvalue weighted by molar-refractivity contribution is 0.420. The van der Waals surface area contributed by atoms with Gasteiger partial charge < -0.3 is 10.2 Å². The Morgan fingerprint density at radius 2 is 1.52 bits per heavy atom. The molecule has 1 N–H and O–H groups in total. The van der Waals surface area contributed by atoms with Crippen molar-refractivity contribution in [3.8, 4) is 0 Å². The van der Waals surface area contributed by atoms with Crippen LogP contribution in [-0.4, -0.2) is 10.0 Å². The van der Waals surface area contributed by atoms with Gasteiger partial charge in [0, 0.05) is 15.4 Å². The van der Waals surface area contributed by atoms with Crippen molar-refractivity contribution in [1.82, 2.24) is 4.90 Å². The molecule has 0 unspecified atom stereocenters. The van der Waals surface area contributed by atoms with Gasteiger partial charge in [-0.25, -0.2) is 0 Å². The summed E-state index contributed by atoms with van der Waals surface area (Å²) in [5.41, 5.74) is 2.28. The van der Waals surface area contributed by atoms with E-state index in [4.69, 9.17) is 12.2 Å². The van der Waals surface area contributed by atoms with E-state index < -0.39 is 0 Å². The lowest BCUT2D eigenvalue weighted by atomic mass is 10.2. The molecule has 3 aromatic rings. The van der Waals surface area contributed by atoms with Crippen LogP contribution in [0.1, 0.15) is 15.3 Å². The number of hydrogen-bond acceptors (Lipinski definition) is 3. The molecule has 2 nitrogen and oxygen atoms in total. The summed E-state index contributed by atoms with van der Waals surface area (Å²) in [5.74, 6) is 0. The first-order chi connectivity index (χ1) is 11.2. The predicted octanol–water partition coefficient (Wildman–Crippen LogP) is 5.52. The normalized spacial score (nSPS) is 10.5. The summed E-state index contributed by atoms with van der Waals surface area (Å²) in [6.45, 7) is 3.74. The van der Waals surface area contributed by atoms with Crippen LogP contribution in [-0.2, 0) is 13.1 Å². The highest BCUT2D eigenvalue weighted by Crippen LogP contribution is 2.19. The van der Waals surface area contributed by atoms with Gasteiger partial charge in [0.25, 0.3) is 0 Å². The van der Waals surface area contributed by atoms with Crippen molar-refractivity contribution in [3.05, 3.63) is 74.6 Å². The minimum absolute atomic E-state index is 0.760. The smallest absolute Gasteiger partial charge is 0.174 e. The molecule has 0 fully saturated rings. The molecule has 0 aliphatic heterocycles. The van der Waals surface area contributed by atoms with Crippen LogP contribution in [0.3, 0.4) is 0 Å². The van der Waals surface area contributed by atoms with E-state index in [0.717, 1.165) is 23.9 Å². The fourth-order valence-electron chi connectivity index (χ4n) is 2.22. The number of benzene rings is 1. The van der Waals surface area contributed by atoms with Gasteiger partial charge >= 0.3 is 0 Å². The largest absolute Gasteiger partial charge is 0.339 e. The highest BCUT2D eigenvalue weighted by molar-refractivity contribution is 7.80. The van der Waals surface area contributed by atoms with Crippen molar-refractivity contribution < 1.29 is 0 Å².